The lowest BCUT2D eigenvalue weighted by Crippen LogP contribution is -2.30. The molecule has 7 nitrogen and oxygen atoms in total. The maximum atomic E-state index is 13.2. The first-order chi connectivity index (χ1) is 17.7. The molecule has 1 aromatic heterocycles. The summed E-state index contributed by atoms with van der Waals surface area (Å²) >= 11 is 0. The minimum atomic E-state index is -2.93. The fraction of sp³-hybridized carbons (Fsp3) is 0.179. The zero-order valence-electron chi connectivity index (χ0n) is 20.4. The molecule has 0 bridgehead atoms. The highest BCUT2D eigenvalue weighted by molar-refractivity contribution is 6.06. The fourth-order valence-electron chi connectivity index (χ4n) is 3.66. The largest absolute Gasteiger partial charge is 0.449 e. The minimum Gasteiger partial charge on any atom is -0.449 e. The van der Waals surface area contributed by atoms with E-state index in [2.05, 4.69) is 15.0 Å². The second-order valence-electron chi connectivity index (χ2n) is 8.45. The van der Waals surface area contributed by atoms with Crippen molar-refractivity contribution >= 4 is 34.2 Å². The van der Waals surface area contributed by atoms with Crippen LogP contribution in [0.5, 0.6) is 5.75 Å². The highest BCUT2D eigenvalue weighted by atomic mass is 19.3. The number of amides is 1. The van der Waals surface area contributed by atoms with Gasteiger partial charge in [0.15, 0.2) is 6.10 Å². The Labute approximate surface area is 212 Å². The summed E-state index contributed by atoms with van der Waals surface area (Å²) in [6.45, 7) is -1.43. The molecule has 9 heteroatoms. The molecule has 0 aliphatic rings. The van der Waals surface area contributed by atoms with Crippen molar-refractivity contribution in [3.8, 4) is 17.0 Å². The molecule has 0 radical (unpaired) electrons. The normalized spacial score (nSPS) is 11.7. The van der Waals surface area contributed by atoms with Gasteiger partial charge in [0.2, 0.25) is 0 Å². The molecule has 1 atom stereocenters. The van der Waals surface area contributed by atoms with Gasteiger partial charge in [0, 0.05) is 36.4 Å². The Morgan fingerprint density at radius 2 is 1.62 bits per heavy atom. The van der Waals surface area contributed by atoms with Gasteiger partial charge in [-0.1, -0.05) is 18.2 Å². The van der Waals surface area contributed by atoms with Crippen molar-refractivity contribution in [2.24, 2.45) is 0 Å². The summed E-state index contributed by atoms with van der Waals surface area (Å²) in [5, 5.41) is 3.30. The number of anilines is 2. The van der Waals surface area contributed by atoms with Gasteiger partial charge in [-0.2, -0.15) is 8.78 Å². The standard InChI is InChI=1S/C28H25F2N3O4/c1-17(26(34)31-19-10-12-20(13-11-19)33(2)3)36-27(35)23-16-25(32-24-7-5-4-6-22(23)24)18-8-14-21(15-9-18)37-28(29)30/h4-17,28H,1-3H3,(H,31,34)/t17-/m1/s1. The van der Waals surface area contributed by atoms with Gasteiger partial charge in [-0.25, -0.2) is 9.78 Å². The summed E-state index contributed by atoms with van der Waals surface area (Å²) in [5.74, 6) is -1.15. The van der Waals surface area contributed by atoms with Crippen molar-refractivity contribution in [1.29, 1.82) is 0 Å². The Kier molecular flexibility index (Phi) is 7.62. The molecule has 190 valence electrons. The van der Waals surface area contributed by atoms with Gasteiger partial charge in [-0.3, -0.25) is 4.79 Å². The van der Waals surface area contributed by atoms with Crippen LogP contribution in [0, 0.1) is 0 Å². The van der Waals surface area contributed by atoms with E-state index in [1.165, 1.54) is 19.1 Å². The van der Waals surface area contributed by atoms with Crippen LogP contribution in [0.4, 0.5) is 20.2 Å². The van der Waals surface area contributed by atoms with E-state index in [4.69, 9.17) is 4.74 Å². The number of nitrogens with zero attached hydrogens (tertiary/aromatic N) is 2. The highest BCUT2D eigenvalue weighted by Gasteiger charge is 2.22. The molecule has 0 fully saturated rings. The Balaban J connectivity index is 1.54. The van der Waals surface area contributed by atoms with E-state index in [1.807, 2.05) is 31.1 Å². The van der Waals surface area contributed by atoms with Gasteiger partial charge >= 0.3 is 12.6 Å². The van der Waals surface area contributed by atoms with Crippen LogP contribution in [0.1, 0.15) is 17.3 Å². The highest BCUT2D eigenvalue weighted by Crippen LogP contribution is 2.27. The van der Waals surface area contributed by atoms with E-state index in [0.29, 0.717) is 27.8 Å². The van der Waals surface area contributed by atoms with Crippen LogP contribution < -0.4 is 15.0 Å². The lowest BCUT2D eigenvalue weighted by Gasteiger charge is -2.16. The number of alkyl halides is 2. The lowest BCUT2D eigenvalue weighted by molar-refractivity contribution is -0.123. The molecule has 0 saturated carbocycles. The molecule has 3 aromatic carbocycles. The summed E-state index contributed by atoms with van der Waals surface area (Å²) in [5.41, 5.74) is 3.35. The number of carbonyl (C=O) groups is 2. The smallest absolute Gasteiger partial charge is 0.387 e. The zero-order chi connectivity index (χ0) is 26.5. The molecule has 4 aromatic rings. The minimum absolute atomic E-state index is 0.00960. The Morgan fingerprint density at radius 1 is 0.946 bits per heavy atom. The Hall–Kier alpha value is -4.53. The number of benzene rings is 3. The third kappa shape index (κ3) is 6.19. The maximum absolute atomic E-state index is 13.2. The van der Waals surface area contributed by atoms with Gasteiger partial charge in [0.05, 0.1) is 16.8 Å². The number of hydrogen-bond donors (Lipinski definition) is 1. The molecule has 0 spiro atoms. The summed E-state index contributed by atoms with van der Waals surface area (Å²) in [6.07, 6.45) is -1.07. The number of pyridine rings is 1. The van der Waals surface area contributed by atoms with Crippen molar-refractivity contribution in [3.05, 3.63) is 84.4 Å². The fourth-order valence-corrected chi connectivity index (χ4v) is 3.66. The van der Waals surface area contributed by atoms with Crippen LogP contribution in [0.2, 0.25) is 0 Å². The monoisotopic (exact) mass is 505 g/mol. The summed E-state index contributed by atoms with van der Waals surface area (Å²) in [7, 11) is 3.83. The Morgan fingerprint density at radius 3 is 2.27 bits per heavy atom. The molecule has 0 saturated heterocycles. The van der Waals surface area contributed by atoms with Crippen molar-refractivity contribution in [3.63, 3.8) is 0 Å². The van der Waals surface area contributed by atoms with Crippen LogP contribution in [-0.2, 0) is 9.53 Å². The molecular formula is C28H25F2N3O4. The number of fused-ring (bicyclic) bond motifs is 1. The third-order valence-corrected chi connectivity index (χ3v) is 5.62. The number of hydrogen-bond acceptors (Lipinski definition) is 6. The SMILES string of the molecule is C[C@@H](OC(=O)c1cc(-c2ccc(OC(F)F)cc2)nc2ccccc12)C(=O)Nc1ccc(N(C)C)cc1. The third-order valence-electron chi connectivity index (χ3n) is 5.62. The van der Waals surface area contributed by atoms with Gasteiger partial charge in [-0.05, 0) is 67.6 Å². The molecule has 1 N–H and O–H groups in total. The first kappa shape index (κ1) is 25.6. The van der Waals surface area contributed by atoms with Crippen LogP contribution in [0.25, 0.3) is 22.2 Å². The number of halogens is 2. The molecule has 0 aliphatic heterocycles. The number of esters is 1. The van der Waals surface area contributed by atoms with E-state index < -0.39 is 24.6 Å². The predicted octanol–water partition coefficient (Wildman–Crippen LogP) is 5.75. The van der Waals surface area contributed by atoms with Crippen molar-refractivity contribution in [2.45, 2.75) is 19.6 Å². The molecule has 0 unspecified atom stereocenters. The van der Waals surface area contributed by atoms with E-state index >= 15 is 0 Å². The van der Waals surface area contributed by atoms with Crippen LogP contribution in [0.15, 0.2) is 78.9 Å². The van der Waals surface area contributed by atoms with E-state index in [9.17, 15) is 18.4 Å². The van der Waals surface area contributed by atoms with E-state index in [0.717, 1.165) is 5.69 Å². The first-order valence-corrected chi connectivity index (χ1v) is 11.5. The average molecular weight is 506 g/mol. The number of nitrogens with one attached hydrogen (secondary N) is 1. The van der Waals surface area contributed by atoms with Gasteiger partial charge in [0.1, 0.15) is 5.75 Å². The number of rotatable bonds is 8. The van der Waals surface area contributed by atoms with Crippen molar-refractivity contribution < 1.29 is 27.8 Å². The topological polar surface area (TPSA) is 80.8 Å². The molecular weight excluding hydrogens is 480 g/mol. The molecule has 37 heavy (non-hydrogen) atoms. The number of aromatic nitrogens is 1. The zero-order valence-corrected chi connectivity index (χ0v) is 20.4. The van der Waals surface area contributed by atoms with Crippen molar-refractivity contribution in [1.82, 2.24) is 4.98 Å². The lowest BCUT2D eigenvalue weighted by atomic mass is 10.0. The Bertz CT molecular complexity index is 1410. The van der Waals surface area contributed by atoms with Crippen molar-refractivity contribution in [2.75, 3.05) is 24.3 Å². The maximum Gasteiger partial charge on any atom is 0.387 e. The number of para-hydroxylation sites is 1. The number of carbonyl (C=O) groups excluding carboxylic acids is 2. The quantitative estimate of drug-likeness (QED) is 0.307. The van der Waals surface area contributed by atoms with Crippen LogP contribution in [-0.4, -0.2) is 43.7 Å². The van der Waals surface area contributed by atoms with Gasteiger partial charge < -0.3 is 19.7 Å². The average Bonchev–Trinajstić information content (AvgIpc) is 2.88. The first-order valence-electron chi connectivity index (χ1n) is 11.5. The van der Waals surface area contributed by atoms with Gasteiger partial charge in [-0.15, -0.1) is 0 Å². The van der Waals surface area contributed by atoms with Crippen LogP contribution >= 0.6 is 0 Å². The molecule has 1 amide bonds. The predicted molar refractivity (Wildman–Crippen MR) is 138 cm³/mol. The van der Waals surface area contributed by atoms with E-state index in [-0.39, 0.29) is 11.3 Å². The molecule has 1 heterocycles. The second-order valence-corrected chi connectivity index (χ2v) is 8.45. The summed E-state index contributed by atoms with van der Waals surface area (Å²) in [4.78, 5) is 32.4. The summed E-state index contributed by atoms with van der Waals surface area (Å²) < 4.78 is 34.8. The summed E-state index contributed by atoms with van der Waals surface area (Å²) in [6, 6.07) is 21.8. The van der Waals surface area contributed by atoms with Gasteiger partial charge in [0.25, 0.3) is 5.91 Å². The van der Waals surface area contributed by atoms with E-state index in [1.54, 1.807) is 54.6 Å². The second kappa shape index (κ2) is 11.0. The molecule has 0 aliphatic carbocycles. The van der Waals surface area contributed by atoms with Crippen LogP contribution in [0.3, 0.4) is 0 Å². The number of ether oxygens (including phenoxy) is 2. The molecule has 4 rings (SSSR count).